The zero-order valence-corrected chi connectivity index (χ0v) is 10.8. The van der Waals surface area contributed by atoms with Crippen molar-refractivity contribution in [2.75, 3.05) is 6.61 Å². The van der Waals surface area contributed by atoms with Gasteiger partial charge in [-0.15, -0.1) is 0 Å². The van der Waals surface area contributed by atoms with Crippen LogP contribution >= 0.6 is 0 Å². The van der Waals surface area contributed by atoms with E-state index in [-0.39, 0.29) is 5.97 Å². The van der Waals surface area contributed by atoms with Gasteiger partial charge in [-0.25, -0.2) is 0 Å². The summed E-state index contributed by atoms with van der Waals surface area (Å²) < 4.78 is 4.85. The molecular weight excluding hydrogens is 200 g/mol. The highest BCUT2D eigenvalue weighted by molar-refractivity contribution is 5.69. The fourth-order valence-electron chi connectivity index (χ4n) is 1.52. The van der Waals surface area contributed by atoms with Gasteiger partial charge >= 0.3 is 5.97 Å². The van der Waals surface area contributed by atoms with Gasteiger partial charge in [0, 0.05) is 6.42 Å². The molecule has 0 saturated heterocycles. The molecule has 2 heteroatoms. The van der Waals surface area contributed by atoms with Gasteiger partial charge in [0.15, 0.2) is 0 Å². The van der Waals surface area contributed by atoms with Gasteiger partial charge in [0.25, 0.3) is 0 Å². The lowest BCUT2D eigenvalue weighted by atomic mass is 10.1. The van der Waals surface area contributed by atoms with Crippen LogP contribution in [-0.4, -0.2) is 12.6 Å². The molecule has 0 aliphatic rings. The molecule has 2 nitrogen and oxygen atoms in total. The summed E-state index contributed by atoms with van der Waals surface area (Å²) in [6.07, 6.45) is 13.3. The third-order valence-electron chi connectivity index (χ3n) is 2.45. The number of hydrogen-bond donors (Lipinski definition) is 0. The monoisotopic (exact) mass is 226 g/mol. The van der Waals surface area contributed by atoms with Crippen LogP contribution in [0, 0.1) is 0 Å². The highest BCUT2D eigenvalue weighted by Gasteiger charge is 1.98. The van der Waals surface area contributed by atoms with Crippen LogP contribution in [-0.2, 0) is 9.53 Å². The minimum Gasteiger partial charge on any atom is -0.466 e. The highest BCUT2D eigenvalue weighted by Crippen LogP contribution is 2.04. The summed E-state index contributed by atoms with van der Waals surface area (Å²) in [5.74, 6) is -0.0705. The molecule has 0 fully saturated rings. The first-order valence-corrected chi connectivity index (χ1v) is 6.61. The first kappa shape index (κ1) is 15.2. The molecule has 0 heterocycles. The number of esters is 1. The molecule has 0 aromatic heterocycles. The minimum atomic E-state index is -0.0705. The molecule has 0 N–H and O–H groups in total. The Morgan fingerprint density at radius 3 is 2.31 bits per heavy atom. The SMILES string of the molecule is CCCCCCC=CCCCC(=O)OCC. The van der Waals surface area contributed by atoms with Crippen molar-refractivity contribution in [3.8, 4) is 0 Å². The van der Waals surface area contributed by atoms with Gasteiger partial charge in [0.05, 0.1) is 6.61 Å². The predicted octanol–water partition coefficient (Wildman–Crippen LogP) is 4.25. The van der Waals surface area contributed by atoms with Crippen molar-refractivity contribution in [1.82, 2.24) is 0 Å². The van der Waals surface area contributed by atoms with Gasteiger partial charge in [-0.3, -0.25) is 4.79 Å². The Hall–Kier alpha value is -0.790. The lowest BCUT2D eigenvalue weighted by Crippen LogP contribution is -2.02. The maximum absolute atomic E-state index is 11.0. The smallest absolute Gasteiger partial charge is 0.305 e. The van der Waals surface area contributed by atoms with E-state index in [1.54, 1.807) is 0 Å². The fraction of sp³-hybridized carbons (Fsp3) is 0.786. The lowest BCUT2D eigenvalue weighted by Gasteiger charge is -1.99. The van der Waals surface area contributed by atoms with Crippen molar-refractivity contribution in [2.45, 2.75) is 65.2 Å². The Bertz CT molecular complexity index is 185. The number of rotatable bonds is 10. The van der Waals surface area contributed by atoms with Crippen LogP contribution in [0.4, 0.5) is 0 Å². The summed E-state index contributed by atoms with van der Waals surface area (Å²) in [6, 6.07) is 0. The molecule has 0 saturated carbocycles. The quantitative estimate of drug-likeness (QED) is 0.316. The summed E-state index contributed by atoms with van der Waals surface area (Å²) in [7, 11) is 0. The van der Waals surface area contributed by atoms with E-state index in [4.69, 9.17) is 4.74 Å². The Balaban J connectivity index is 3.18. The van der Waals surface area contributed by atoms with E-state index in [0.29, 0.717) is 13.0 Å². The summed E-state index contributed by atoms with van der Waals surface area (Å²) >= 11 is 0. The van der Waals surface area contributed by atoms with Gasteiger partial charge in [0.1, 0.15) is 0 Å². The molecule has 0 rings (SSSR count). The Labute approximate surface area is 100 Å². The molecule has 94 valence electrons. The second-order valence-electron chi connectivity index (χ2n) is 4.02. The fourth-order valence-corrected chi connectivity index (χ4v) is 1.52. The average Bonchev–Trinajstić information content (AvgIpc) is 2.27. The van der Waals surface area contributed by atoms with Crippen molar-refractivity contribution in [3.63, 3.8) is 0 Å². The van der Waals surface area contributed by atoms with Crippen LogP contribution in [0.25, 0.3) is 0 Å². The first-order chi connectivity index (χ1) is 7.81. The lowest BCUT2D eigenvalue weighted by molar-refractivity contribution is -0.143. The van der Waals surface area contributed by atoms with Crippen molar-refractivity contribution >= 4 is 5.97 Å². The molecule has 0 aromatic carbocycles. The third kappa shape index (κ3) is 11.3. The largest absolute Gasteiger partial charge is 0.466 e. The molecular formula is C14H26O2. The third-order valence-corrected chi connectivity index (χ3v) is 2.45. The molecule has 0 bridgehead atoms. The van der Waals surface area contributed by atoms with Crippen molar-refractivity contribution in [3.05, 3.63) is 12.2 Å². The van der Waals surface area contributed by atoms with Crippen molar-refractivity contribution in [1.29, 1.82) is 0 Å². The summed E-state index contributed by atoms with van der Waals surface area (Å²) in [4.78, 5) is 11.0. The second-order valence-corrected chi connectivity index (χ2v) is 4.02. The molecule has 0 aliphatic heterocycles. The number of ether oxygens (including phenoxy) is 1. The second kappa shape index (κ2) is 12.3. The van der Waals surface area contributed by atoms with E-state index in [1.807, 2.05) is 6.92 Å². The van der Waals surface area contributed by atoms with Crippen LogP contribution in [0.2, 0.25) is 0 Å². The zero-order valence-electron chi connectivity index (χ0n) is 10.8. The van der Waals surface area contributed by atoms with Gasteiger partial charge in [-0.2, -0.15) is 0 Å². The molecule has 0 aromatic rings. The average molecular weight is 226 g/mol. The minimum absolute atomic E-state index is 0.0705. The van der Waals surface area contributed by atoms with Crippen molar-refractivity contribution < 1.29 is 9.53 Å². The topological polar surface area (TPSA) is 26.3 Å². The number of hydrogen-bond acceptors (Lipinski definition) is 2. The molecule has 0 amide bonds. The van der Waals surface area contributed by atoms with Crippen molar-refractivity contribution in [2.24, 2.45) is 0 Å². The van der Waals surface area contributed by atoms with Gasteiger partial charge in [-0.1, -0.05) is 38.3 Å². The predicted molar refractivity (Wildman–Crippen MR) is 68.4 cm³/mol. The van der Waals surface area contributed by atoms with Gasteiger partial charge in [-0.05, 0) is 32.6 Å². The van der Waals surface area contributed by atoms with E-state index in [9.17, 15) is 4.79 Å². The molecule has 0 aliphatic carbocycles. The standard InChI is InChI=1S/C14H26O2/c1-3-5-6-7-8-9-10-11-12-13-14(15)16-4-2/h9-10H,3-8,11-13H2,1-2H3. The number of carbonyl (C=O) groups is 1. The van der Waals surface area contributed by atoms with Crippen LogP contribution in [0.5, 0.6) is 0 Å². The maximum Gasteiger partial charge on any atom is 0.305 e. The number of carbonyl (C=O) groups excluding carboxylic acids is 1. The Morgan fingerprint density at radius 1 is 1.00 bits per heavy atom. The van der Waals surface area contributed by atoms with Crippen LogP contribution < -0.4 is 0 Å². The molecule has 0 atom stereocenters. The normalized spacial score (nSPS) is 10.9. The molecule has 0 spiro atoms. The van der Waals surface area contributed by atoms with E-state index in [0.717, 1.165) is 12.8 Å². The van der Waals surface area contributed by atoms with Crippen LogP contribution in [0.3, 0.4) is 0 Å². The Kier molecular flexibility index (Phi) is 11.7. The molecule has 16 heavy (non-hydrogen) atoms. The molecule has 0 unspecified atom stereocenters. The number of unbranched alkanes of at least 4 members (excludes halogenated alkanes) is 5. The first-order valence-electron chi connectivity index (χ1n) is 6.61. The van der Waals surface area contributed by atoms with Crippen LogP contribution in [0.15, 0.2) is 12.2 Å². The van der Waals surface area contributed by atoms with Gasteiger partial charge < -0.3 is 4.74 Å². The Morgan fingerprint density at radius 2 is 1.69 bits per heavy atom. The van der Waals surface area contributed by atoms with E-state index in [1.165, 1.54) is 32.1 Å². The van der Waals surface area contributed by atoms with Gasteiger partial charge in [0.2, 0.25) is 0 Å². The summed E-state index contributed by atoms with van der Waals surface area (Å²) in [5, 5.41) is 0. The van der Waals surface area contributed by atoms with E-state index < -0.39 is 0 Å². The highest BCUT2D eigenvalue weighted by atomic mass is 16.5. The number of allylic oxidation sites excluding steroid dienone is 2. The van der Waals surface area contributed by atoms with Crippen LogP contribution in [0.1, 0.15) is 65.2 Å². The van der Waals surface area contributed by atoms with E-state index >= 15 is 0 Å². The molecule has 0 radical (unpaired) electrons. The summed E-state index contributed by atoms with van der Waals surface area (Å²) in [6.45, 7) is 4.56. The summed E-state index contributed by atoms with van der Waals surface area (Å²) in [5.41, 5.74) is 0. The van der Waals surface area contributed by atoms with E-state index in [2.05, 4.69) is 19.1 Å². The maximum atomic E-state index is 11.0. The zero-order chi connectivity index (χ0) is 12.1.